The Hall–Kier alpha value is -2.82. The number of rotatable bonds is 3. The number of likely N-dealkylation sites (tertiary alicyclic amines) is 1. The molecule has 0 aromatic heterocycles. The molecule has 1 unspecified atom stereocenters. The first-order chi connectivity index (χ1) is 12.1. The van der Waals surface area contributed by atoms with Crippen molar-refractivity contribution in [2.75, 3.05) is 25.5 Å². The number of urea groups is 1. The Bertz CT molecular complexity index is 774. The van der Waals surface area contributed by atoms with Gasteiger partial charge in [0.15, 0.2) is 0 Å². The van der Waals surface area contributed by atoms with Crippen molar-refractivity contribution in [3.63, 3.8) is 0 Å². The summed E-state index contributed by atoms with van der Waals surface area (Å²) in [6, 6.07) is 15.5. The number of nitrogens with one attached hydrogen (secondary N) is 2. The van der Waals surface area contributed by atoms with Crippen LogP contribution in [-0.4, -0.2) is 37.0 Å². The Morgan fingerprint density at radius 1 is 1.08 bits per heavy atom. The summed E-state index contributed by atoms with van der Waals surface area (Å²) in [6.07, 6.45) is 0.967. The van der Waals surface area contributed by atoms with Crippen LogP contribution in [0.15, 0.2) is 48.5 Å². The minimum Gasteiger partial charge on any atom is -0.355 e. The summed E-state index contributed by atoms with van der Waals surface area (Å²) in [4.78, 5) is 26.3. The first-order valence-corrected chi connectivity index (χ1v) is 8.52. The van der Waals surface area contributed by atoms with Gasteiger partial charge in [-0.2, -0.15) is 0 Å². The third kappa shape index (κ3) is 3.65. The van der Waals surface area contributed by atoms with Crippen LogP contribution in [-0.2, 0) is 0 Å². The fourth-order valence-corrected chi connectivity index (χ4v) is 3.29. The second-order valence-electron chi connectivity index (χ2n) is 6.33. The van der Waals surface area contributed by atoms with Gasteiger partial charge in [0.1, 0.15) is 0 Å². The van der Waals surface area contributed by atoms with E-state index in [1.807, 2.05) is 36.1 Å². The Morgan fingerprint density at radius 3 is 2.56 bits per heavy atom. The molecule has 130 valence electrons. The number of anilines is 1. The van der Waals surface area contributed by atoms with Crippen molar-refractivity contribution in [3.05, 3.63) is 65.2 Å². The second kappa shape index (κ2) is 7.38. The van der Waals surface area contributed by atoms with Crippen LogP contribution in [0.3, 0.4) is 0 Å². The van der Waals surface area contributed by atoms with Crippen LogP contribution in [0.5, 0.6) is 0 Å². The summed E-state index contributed by atoms with van der Waals surface area (Å²) in [5, 5.41) is 5.57. The Kier molecular flexibility index (Phi) is 5.03. The third-order valence-electron chi connectivity index (χ3n) is 4.79. The SMILES string of the molecule is CNC(=O)c1cccc(NC(=O)N2CCC(c3ccccc3)C2)c1C. The highest BCUT2D eigenvalue weighted by molar-refractivity contribution is 5.99. The Labute approximate surface area is 148 Å². The molecule has 0 bridgehead atoms. The third-order valence-corrected chi connectivity index (χ3v) is 4.79. The maximum atomic E-state index is 12.6. The molecule has 1 saturated heterocycles. The molecule has 1 aliphatic heterocycles. The predicted octanol–water partition coefficient (Wildman–Crippen LogP) is 3.38. The van der Waals surface area contributed by atoms with E-state index in [-0.39, 0.29) is 11.9 Å². The van der Waals surface area contributed by atoms with E-state index in [0.29, 0.717) is 23.7 Å². The van der Waals surface area contributed by atoms with Gasteiger partial charge in [-0.3, -0.25) is 4.79 Å². The first kappa shape index (κ1) is 17.0. The largest absolute Gasteiger partial charge is 0.355 e. The van der Waals surface area contributed by atoms with Crippen molar-refractivity contribution in [1.29, 1.82) is 0 Å². The molecule has 5 heteroatoms. The smallest absolute Gasteiger partial charge is 0.321 e. The first-order valence-electron chi connectivity index (χ1n) is 8.52. The number of benzene rings is 2. The van der Waals surface area contributed by atoms with Crippen molar-refractivity contribution < 1.29 is 9.59 Å². The summed E-state index contributed by atoms with van der Waals surface area (Å²) < 4.78 is 0. The average molecular weight is 337 g/mol. The van der Waals surface area contributed by atoms with Gasteiger partial charge < -0.3 is 15.5 Å². The van der Waals surface area contributed by atoms with Crippen molar-refractivity contribution in [3.8, 4) is 0 Å². The molecule has 3 rings (SSSR count). The van der Waals surface area contributed by atoms with Gasteiger partial charge in [0, 0.05) is 37.3 Å². The molecule has 0 spiro atoms. The van der Waals surface area contributed by atoms with E-state index < -0.39 is 0 Å². The van der Waals surface area contributed by atoms with Gasteiger partial charge in [-0.1, -0.05) is 36.4 Å². The topological polar surface area (TPSA) is 61.4 Å². The summed E-state index contributed by atoms with van der Waals surface area (Å²) in [5.74, 6) is 0.226. The van der Waals surface area contributed by atoms with Gasteiger partial charge in [0.05, 0.1) is 0 Å². The number of hydrogen-bond acceptors (Lipinski definition) is 2. The summed E-state index contributed by atoms with van der Waals surface area (Å²) in [6.45, 7) is 3.29. The maximum Gasteiger partial charge on any atom is 0.321 e. The molecule has 1 fully saturated rings. The lowest BCUT2D eigenvalue weighted by Crippen LogP contribution is -2.33. The van der Waals surface area contributed by atoms with Gasteiger partial charge in [-0.25, -0.2) is 4.79 Å². The lowest BCUT2D eigenvalue weighted by molar-refractivity contribution is 0.0962. The lowest BCUT2D eigenvalue weighted by atomic mass is 9.99. The Morgan fingerprint density at radius 2 is 1.84 bits per heavy atom. The molecule has 0 saturated carbocycles. The molecule has 5 nitrogen and oxygen atoms in total. The highest BCUT2D eigenvalue weighted by Crippen LogP contribution is 2.28. The molecule has 1 heterocycles. The monoisotopic (exact) mass is 337 g/mol. The van der Waals surface area contributed by atoms with E-state index in [9.17, 15) is 9.59 Å². The molecular weight excluding hydrogens is 314 g/mol. The Balaban J connectivity index is 1.68. The molecule has 3 amide bonds. The summed E-state index contributed by atoms with van der Waals surface area (Å²) >= 11 is 0. The zero-order chi connectivity index (χ0) is 17.8. The van der Waals surface area contributed by atoms with E-state index in [0.717, 1.165) is 18.5 Å². The van der Waals surface area contributed by atoms with Crippen LogP contribution >= 0.6 is 0 Å². The number of nitrogens with zero attached hydrogens (tertiary/aromatic N) is 1. The van der Waals surface area contributed by atoms with Gasteiger partial charge >= 0.3 is 6.03 Å². The van der Waals surface area contributed by atoms with Crippen LogP contribution in [0.4, 0.5) is 10.5 Å². The zero-order valence-corrected chi connectivity index (χ0v) is 14.6. The van der Waals surface area contributed by atoms with E-state index in [2.05, 4.69) is 22.8 Å². The number of amides is 3. The fourth-order valence-electron chi connectivity index (χ4n) is 3.29. The molecule has 25 heavy (non-hydrogen) atoms. The number of carbonyl (C=O) groups is 2. The summed E-state index contributed by atoms with van der Waals surface area (Å²) in [7, 11) is 1.60. The van der Waals surface area contributed by atoms with Gasteiger partial charge in [-0.15, -0.1) is 0 Å². The van der Waals surface area contributed by atoms with Gasteiger partial charge in [0.25, 0.3) is 5.91 Å². The van der Waals surface area contributed by atoms with Crippen LogP contribution < -0.4 is 10.6 Å². The molecular formula is C20H23N3O2. The zero-order valence-electron chi connectivity index (χ0n) is 14.6. The van der Waals surface area contributed by atoms with Gasteiger partial charge in [-0.05, 0) is 36.6 Å². The maximum absolute atomic E-state index is 12.6. The van der Waals surface area contributed by atoms with E-state index in [1.54, 1.807) is 19.2 Å². The van der Waals surface area contributed by atoms with Gasteiger partial charge in [0.2, 0.25) is 0 Å². The van der Waals surface area contributed by atoms with E-state index in [4.69, 9.17) is 0 Å². The molecule has 2 aromatic rings. The normalized spacial score (nSPS) is 16.6. The van der Waals surface area contributed by atoms with Crippen LogP contribution in [0.1, 0.15) is 33.8 Å². The highest BCUT2D eigenvalue weighted by atomic mass is 16.2. The standard InChI is InChI=1S/C20H23N3O2/c1-14-17(19(24)21-2)9-6-10-18(14)22-20(25)23-12-11-16(13-23)15-7-4-3-5-8-15/h3-10,16H,11-13H2,1-2H3,(H,21,24)(H,22,25). The van der Waals surface area contributed by atoms with Crippen molar-refractivity contribution in [2.45, 2.75) is 19.3 Å². The van der Waals surface area contributed by atoms with E-state index in [1.165, 1.54) is 5.56 Å². The molecule has 1 atom stereocenters. The average Bonchev–Trinajstić information content (AvgIpc) is 3.14. The molecule has 2 aromatic carbocycles. The molecule has 0 radical (unpaired) electrons. The van der Waals surface area contributed by atoms with Crippen LogP contribution in [0.25, 0.3) is 0 Å². The van der Waals surface area contributed by atoms with Crippen molar-refractivity contribution in [1.82, 2.24) is 10.2 Å². The molecule has 1 aliphatic rings. The quantitative estimate of drug-likeness (QED) is 0.902. The van der Waals surface area contributed by atoms with Crippen LogP contribution in [0, 0.1) is 6.92 Å². The predicted molar refractivity (Wildman–Crippen MR) is 99.0 cm³/mol. The van der Waals surface area contributed by atoms with Crippen LogP contribution in [0.2, 0.25) is 0 Å². The summed E-state index contributed by atoms with van der Waals surface area (Å²) in [5.41, 5.74) is 3.29. The fraction of sp³-hybridized carbons (Fsp3) is 0.300. The van der Waals surface area contributed by atoms with Crippen molar-refractivity contribution in [2.24, 2.45) is 0 Å². The number of hydrogen-bond donors (Lipinski definition) is 2. The molecule has 0 aliphatic carbocycles. The highest BCUT2D eigenvalue weighted by Gasteiger charge is 2.27. The van der Waals surface area contributed by atoms with Crippen molar-refractivity contribution >= 4 is 17.6 Å². The lowest BCUT2D eigenvalue weighted by Gasteiger charge is -2.19. The van der Waals surface area contributed by atoms with E-state index >= 15 is 0 Å². The minimum absolute atomic E-state index is 0.115. The number of carbonyl (C=O) groups excluding carboxylic acids is 2. The minimum atomic E-state index is -0.154. The second-order valence-corrected chi connectivity index (χ2v) is 6.33. The molecule has 2 N–H and O–H groups in total.